The van der Waals surface area contributed by atoms with E-state index in [2.05, 4.69) is 37.9 Å². The Morgan fingerprint density at radius 1 is 1.20 bits per heavy atom. The van der Waals surface area contributed by atoms with Gasteiger partial charge in [0.15, 0.2) is 0 Å². The zero-order valence-electron chi connectivity index (χ0n) is 10.9. The molecule has 0 aliphatic heterocycles. The molecule has 0 aliphatic rings. The first-order chi connectivity index (χ1) is 7.20. The molecule has 0 bridgehead atoms. The van der Waals surface area contributed by atoms with Gasteiger partial charge in [-0.2, -0.15) is 11.8 Å². The minimum Gasteiger partial charge on any atom is -0.313 e. The molecule has 15 heavy (non-hydrogen) atoms. The van der Waals surface area contributed by atoms with E-state index in [1.807, 2.05) is 11.8 Å². The molecule has 3 heteroatoms. The lowest BCUT2D eigenvalue weighted by Gasteiger charge is -2.21. The number of hydrogen-bond donors (Lipinski definition) is 1. The molecule has 0 aliphatic carbocycles. The van der Waals surface area contributed by atoms with Crippen LogP contribution in [0.15, 0.2) is 0 Å². The predicted molar refractivity (Wildman–Crippen MR) is 72.9 cm³/mol. The van der Waals surface area contributed by atoms with Gasteiger partial charge in [0.25, 0.3) is 0 Å². The van der Waals surface area contributed by atoms with Gasteiger partial charge in [0.05, 0.1) is 0 Å². The van der Waals surface area contributed by atoms with Gasteiger partial charge in [-0.3, -0.25) is 0 Å². The summed E-state index contributed by atoms with van der Waals surface area (Å²) in [6.45, 7) is 13.6. The van der Waals surface area contributed by atoms with E-state index in [0.717, 1.165) is 6.54 Å². The van der Waals surface area contributed by atoms with Gasteiger partial charge in [-0.05, 0) is 31.0 Å². The van der Waals surface area contributed by atoms with E-state index in [9.17, 15) is 0 Å². The lowest BCUT2D eigenvalue weighted by Crippen LogP contribution is -2.35. The van der Waals surface area contributed by atoms with Crippen LogP contribution in [0.25, 0.3) is 0 Å². The van der Waals surface area contributed by atoms with Crippen LogP contribution in [0, 0.1) is 0 Å². The number of likely N-dealkylation sites (N-methyl/N-ethyl adjacent to an activating group) is 1. The molecule has 0 aromatic carbocycles. The molecule has 0 heterocycles. The van der Waals surface area contributed by atoms with Crippen LogP contribution in [0.5, 0.6) is 0 Å². The highest BCUT2D eigenvalue weighted by atomic mass is 32.2. The fourth-order valence-corrected chi connectivity index (χ4v) is 2.10. The lowest BCUT2D eigenvalue weighted by molar-refractivity contribution is 0.285. The second kappa shape index (κ2) is 10.8. The van der Waals surface area contributed by atoms with Crippen LogP contribution < -0.4 is 5.32 Å². The quantitative estimate of drug-likeness (QED) is 0.583. The topological polar surface area (TPSA) is 15.3 Å². The summed E-state index contributed by atoms with van der Waals surface area (Å²) in [5, 5.41) is 3.46. The fraction of sp³-hybridized carbons (Fsp3) is 1.00. The first-order valence-corrected chi connectivity index (χ1v) is 7.39. The second-order valence-corrected chi connectivity index (χ2v) is 5.49. The second-order valence-electron chi connectivity index (χ2n) is 4.09. The van der Waals surface area contributed by atoms with Crippen LogP contribution in [0.4, 0.5) is 0 Å². The van der Waals surface area contributed by atoms with E-state index < -0.39 is 0 Å². The third-order valence-corrected chi connectivity index (χ3v) is 3.38. The van der Waals surface area contributed by atoms with Crippen molar-refractivity contribution in [3.05, 3.63) is 0 Å². The van der Waals surface area contributed by atoms with Crippen molar-refractivity contribution in [2.24, 2.45) is 0 Å². The van der Waals surface area contributed by atoms with Crippen molar-refractivity contribution < 1.29 is 0 Å². The van der Waals surface area contributed by atoms with Gasteiger partial charge in [-0.15, -0.1) is 0 Å². The summed E-state index contributed by atoms with van der Waals surface area (Å²) in [6.07, 6.45) is 1.33. The number of thioether (sulfide) groups is 1. The Kier molecular flexibility index (Phi) is 11.0. The summed E-state index contributed by atoms with van der Waals surface area (Å²) in [5.41, 5.74) is 0. The summed E-state index contributed by atoms with van der Waals surface area (Å²) in [4.78, 5) is 2.53. The number of nitrogens with one attached hydrogen (secondary N) is 1. The van der Waals surface area contributed by atoms with Crippen molar-refractivity contribution in [1.82, 2.24) is 10.2 Å². The molecule has 0 radical (unpaired) electrons. The molecule has 0 spiro atoms. The molecule has 0 fully saturated rings. The molecule has 0 aromatic rings. The number of hydrogen-bond acceptors (Lipinski definition) is 3. The molecule has 0 aromatic heterocycles. The third kappa shape index (κ3) is 10.6. The Bertz CT molecular complexity index is 129. The van der Waals surface area contributed by atoms with Gasteiger partial charge in [0.2, 0.25) is 0 Å². The van der Waals surface area contributed by atoms with Gasteiger partial charge in [0, 0.05) is 19.1 Å². The molecular weight excluding hydrogens is 204 g/mol. The minimum atomic E-state index is 0.611. The highest BCUT2D eigenvalue weighted by molar-refractivity contribution is 7.99. The Morgan fingerprint density at radius 2 is 1.93 bits per heavy atom. The molecule has 0 atom stereocenters. The van der Waals surface area contributed by atoms with E-state index in [4.69, 9.17) is 0 Å². The average Bonchev–Trinajstić information content (AvgIpc) is 2.21. The van der Waals surface area contributed by atoms with E-state index in [1.165, 1.54) is 37.6 Å². The maximum atomic E-state index is 3.46. The number of rotatable bonds is 10. The molecule has 0 saturated carbocycles. The highest BCUT2D eigenvalue weighted by Gasteiger charge is 2.01. The monoisotopic (exact) mass is 232 g/mol. The van der Waals surface area contributed by atoms with Crippen molar-refractivity contribution in [3.8, 4) is 0 Å². The lowest BCUT2D eigenvalue weighted by atomic mass is 10.3. The molecule has 0 amide bonds. The maximum absolute atomic E-state index is 3.46. The normalized spacial score (nSPS) is 11.6. The SMILES string of the molecule is CCSCCCN(CC)CCNC(C)C. The van der Waals surface area contributed by atoms with Crippen molar-refractivity contribution in [1.29, 1.82) is 0 Å². The summed E-state index contributed by atoms with van der Waals surface area (Å²) in [5.74, 6) is 2.56. The van der Waals surface area contributed by atoms with Crippen LogP contribution >= 0.6 is 11.8 Å². The van der Waals surface area contributed by atoms with Crippen LogP contribution in [-0.4, -0.2) is 48.6 Å². The minimum absolute atomic E-state index is 0.611. The van der Waals surface area contributed by atoms with Gasteiger partial charge in [-0.1, -0.05) is 27.7 Å². The smallest absolute Gasteiger partial charge is 0.0107 e. The van der Waals surface area contributed by atoms with Gasteiger partial charge in [0.1, 0.15) is 0 Å². The average molecular weight is 232 g/mol. The summed E-state index contributed by atoms with van der Waals surface area (Å²) >= 11 is 2.05. The molecule has 92 valence electrons. The van der Waals surface area contributed by atoms with Crippen LogP contribution in [0.3, 0.4) is 0 Å². The Labute approximate surface area is 100 Å². The summed E-state index contributed by atoms with van der Waals surface area (Å²) < 4.78 is 0. The van der Waals surface area contributed by atoms with Gasteiger partial charge >= 0.3 is 0 Å². The Balaban J connectivity index is 3.38. The molecule has 0 rings (SSSR count). The molecule has 2 nitrogen and oxygen atoms in total. The molecule has 0 saturated heterocycles. The fourth-order valence-electron chi connectivity index (χ4n) is 1.47. The largest absolute Gasteiger partial charge is 0.313 e. The molecule has 0 unspecified atom stereocenters. The number of nitrogens with zero attached hydrogens (tertiary/aromatic N) is 1. The first-order valence-electron chi connectivity index (χ1n) is 6.24. The third-order valence-electron chi connectivity index (χ3n) is 2.39. The Morgan fingerprint density at radius 3 is 2.47 bits per heavy atom. The van der Waals surface area contributed by atoms with Gasteiger partial charge < -0.3 is 10.2 Å². The Hall–Kier alpha value is 0.270. The maximum Gasteiger partial charge on any atom is 0.0107 e. The summed E-state index contributed by atoms with van der Waals surface area (Å²) in [7, 11) is 0. The van der Waals surface area contributed by atoms with Crippen LogP contribution in [0.2, 0.25) is 0 Å². The van der Waals surface area contributed by atoms with Crippen LogP contribution in [-0.2, 0) is 0 Å². The van der Waals surface area contributed by atoms with Crippen molar-refractivity contribution in [3.63, 3.8) is 0 Å². The van der Waals surface area contributed by atoms with E-state index >= 15 is 0 Å². The van der Waals surface area contributed by atoms with E-state index in [1.54, 1.807) is 0 Å². The van der Waals surface area contributed by atoms with Crippen molar-refractivity contribution >= 4 is 11.8 Å². The van der Waals surface area contributed by atoms with Crippen LogP contribution in [0.1, 0.15) is 34.1 Å². The van der Waals surface area contributed by atoms with Gasteiger partial charge in [-0.25, -0.2) is 0 Å². The van der Waals surface area contributed by atoms with E-state index in [0.29, 0.717) is 6.04 Å². The molecule has 1 N–H and O–H groups in total. The highest BCUT2D eigenvalue weighted by Crippen LogP contribution is 2.02. The van der Waals surface area contributed by atoms with E-state index in [-0.39, 0.29) is 0 Å². The summed E-state index contributed by atoms with van der Waals surface area (Å²) in [6, 6.07) is 0.611. The first kappa shape index (κ1) is 15.3. The zero-order valence-corrected chi connectivity index (χ0v) is 11.7. The van der Waals surface area contributed by atoms with Crippen molar-refractivity contribution in [2.45, 2.75) is 40.2 Å². The van der Waals surface area contributed by atoms with Crippen molar-refractivity contribution in [2.75, 3.05) is 37.7 Å². The predicted octanol–water partition coefficient (Wildman–Crippen LogP) is 2.45. The standard InChI is InChI=1S/C12H28N2S/c1-5-14(9-7-11-15-6-2)10-8-13-12(3)4/h12-13H,5-11H2,1-4H3. The zero-order chi connectivity index (χ0) is 11.5. The molecular formula is C12H28N2S.